The number of amides is 8. The Labute approximate surface area is 822 Å². The fourth-order valence-electron chi connectivity index (χ4n) is 16.0. The van der Waals surface area contributed by atoms with Gasteiger partial charge >= 0.3 is 12.1 Å². The molecule has 0 radical (unpaired) electrons. The first-order valence-electron chi connectivity index (χ1n) is 47.3. The normalized spacial score (nSPS) is 19.0. The average molecular weight is 1960 g/mol. The number of halogens is 1. The lowest BCUT2D eigenvalue weighted by atomic mass is 9.83. The number of carbonyl (C=O) groups is 9. The van der Waals surface area contributed by atoms with Gasteiger partial charge in [-0.15, -0.1) is 0 Å². The van der Waals surface area contributed by atoms with E-state index in [9.17, 15) is 48.3 Å². The third-order valence-corrected chi connectivity index (χ3v) is 26.6. The van der Waals surface area contributed by atoms with Crippen molar-refractivity contribution in [1.29, 1.82) is 0 Å². The molecule has 2 fully saturated rings. The number of methoxy groups -OCH3 is 2. The Morgan fingerprint density at radius 1 is 0.645 bits per heavy atom. The predicted molar refractivity (Wildman–Crippen MR) is 530 cm³/mol. The molecule has 746 valence electrons. The number of hydrogen-bond acceptors (Lipinski definition) is 27. The van der Waals surface area contributed by atoms with Crippen molar-refractivity contribution in [3.8, 4) is 11.5 Å². The molecule has 7 aromatic rings. The van der Waals surface area contributed by atoms with Gasteiger partial charge in [-0.05, 0) is 153 Å². The predicted octanol–water partition coefficient (Wildman–Crippen LogP) is 13.7. The molecule has 3 aliphatic heterocycles. The Bertz CT molecular complexity index is 5040. The van der Waals surface area contributed by atoms with Crippen molar-refractivity contribution in [3.05, 3.63) is 219 Å². The zero-order valence-corrected chi connectivity index (χ0v) is 83.3. The first-order valence-corrected chi connectivity index (χ1v) is 50.2. The molecule has 0 spiro atoms. The number of aromatic nitrogens is 4. The second-order valence-electron chi connectivity index (χ2n) is 35.0. The van der Waals surface area contributed by atoms with Crippen LogP contribution >= 0.6 is 33.2 Å². The van der Waals surface area contributed by atoms with Crippen LogP contribution in [0.4, 0.5) is 22.1 Å². The summed E-state index contributed by atoms with van der Waals surface area (Å²) in [4.78, 5) is 146. The van der Waals surface area contributed by atoms with E-state index in [0.29, 0.717) is 131 Å². The number of nitrogens with zero attached hydrogens (tertiary/aromatic N) is 8. The summed E-state index contributed by atoms with van der Waals surface area (Å²) in [5.41, 5.74) is 5.88. The fraction of sp³-hybridized carbons (Fsp3) is 0.500. The summed E-state index contributed by atoms with van der Waals surface area (Å²) in [7, 11) is 8.81. The van der Waals surface area contributed by atoms with E-state index in [4.69, 9.17) is 64.2 Å². The van der Waals surface area contributed by atoms with Gasteiger partial charge in [0.25, 0.3) is 0 Å². The molecule has 138 heavy (non-hydrogen) atoms. The Hall–Kier alpha value is -11.0. The van der Waals surface area contributed by atoms with Gasteiger partial charge in [0.2, 0.25) is 41.4 Å². The van der Waals surface area contributed by atoms with E-state index in [-0.39, 0.29) is 112 Å². The van der Waals surface area contributed by atoms with Crippen LogP contribution in [0.3, 0.4) is 0 Å². The van der Waals surface area contributed by atoms with Gasteiger partial charge < -0.3 is 84.1 Å². The summed E-state index contributed by atoms with van der Waals surface area (Å²) in [5, 5.41) is 29.4. The van der Waals surface area contributed by atoms with Gasteiger partial charge in [-0.2, -0.15) is 0 Å². The van der Waals surface area contributed by atoms with E-state index < -0.39 is 65.7 Å². The summed E-state index contributed by atoms with van der Waals surface area (Å²) in [6, 6.07) is 39.4. The molecule has 4 aromatic heterocycles. The molecule has 8 amide bonds. The Kier molecular flexibility index (Phi) is 45.0. The van der Waals surface area contributed by atoms with Gasteiger partial charge in [0.1, 0.15) is 71.3 Å². The zero-order chi connectivity index (χ0) is 98.8. The van der Waals surface area contributed by atoms with Crippen molar-refractivity contribution < 1.29 is 90.9 Å². The first-order chi connectivity index (χ1) is 66.6. The minimum Gasteiger partial charge on any atom is -0.495 e. The van der Waals surface area contributed by atoms with E-state index in [0.717, 1.165) is 94.7 Å². The van der Waals surface area contributed by atoms with E-state index in [1.807, 2.05) is 110 Å². The van der Waals surface area contributed by atoms with Crippen molar-refractivity contribution in [2.75, 3.05) is 108 Å². The van der Waals surface area contributed by atoms with E-state index in [2.05, 4.69) is 83.7 Å². The number of pyridine rings is 4. The number of fused-ring (bicyclic) bond motifs is 5. The lowest BCUT2D eigenvalue weighted by Crippen LogP contribution is -2.63. The smallest absolute Gasteiger partial charge is 0.409 e. The molecule has 0 saturated carbocycles. The molecule has 36 heteroatoms. The molecular formula is C102H135ClN14O19S2. The van der Waals surface area contributed by atoms with Gasteiger partial charge in [0.15, 0.2) is 5.72 Å². The standard InChI is InChI=1S/C102H135ClN14O19S2/c1-11-13-15-34-91(119)111-88-32-24-29-80(109-88)66-116(64-78-27-17-19-42-104-78)62-76-53-77(63-117(65-79-28-18-20-43-105-79)67-81-30-25-33-89(110-81)112-92(120)35-16-14-12-2)55-82(54-76)133-45-22-21-44-106-93(121)68-131-48-46-130-47-49-132-69-94(122)108-61-74-38-36-73(37-39-74)60-107-90(118)40-50-137-138-51-41-95(123)114(7)72(5)99(125)135-87-58-96(124)115(8)83-56-75(57-84(128-9)97(83)103)52-70(3)26-23-31-86(129-10)102(127)59-85(134-100(126)113-102)71(4)98-101(87,6)136-98/h17-20,23-33,36-39,42-43,53-57,71-72,85-87,98,127H,11-16,21-22,34-35,40-41,44-52,58-69H2,1-10H3,(H,106,121)(H,107,118)(H,108,122)(H,113,126)(H,109,111,119)(H,110,112,120)/b31-23+,70-26+/t71-,72+,85-,86-,87+,98?,101+,102+/m0/s1. The van der Waals surface area contributed by atoms with E-state index >= 15 is 0 Å². The number of benzene rings is 3. The quantitative estimate of drug-likeness (QED) is 0.00806. The van der Waals surface area contributed by atoms with Gasteiger partial charge in [0, 0.05) is 142 Å². The number of alkyl carbamates (subject to hydrolysis) is 1. The van der Waals surface area contributed by atoms with Crippen LogP contribution in [0.2, 0.25) is 5.02 Å². The molecule has 2 saturated heterocycles. The maximum Gasteiger partial charge on any atom is 0.409 e. The van der Waals surface area contributed by atoms with Crippen LogP contribution in [0.1, 0.15) is 182 Å². The Balaban J connectivity index is 0.596. The van der Waals surface area contributed by atoms with Crippen LogP contribution in [-0.2, 0) is 130 Å². The van der Waals surface area contributed by atoms with Gasteiger partial charge in [-0.1, -0.05) is 158 Å². The molecule has 4 bridgehead atoms. The van der Waals surface area contributed by atoms with Crippen LogP contribution in [-0.4, -0.2) is 228 Å². The summed E-state index contributed by atoms with van der Waals surface area (Å²) in [6.45, 7) is 15.9. The van der Waals surface area contributed by atoms with Crippen LogP contribution in [0.5, 0.6) is 11.5 Å². The number of nitrogens with one attached hydrogen (secondary N) is 6. The van der Waals surface area contributed by atoms with Gasteiger partial charge in [-0.25, -0.2) is 19.6 Å². The number of hydrogen-bond donors (Lipinski definition) is 7. The number of epoxide rings is 1. The molecule has 1 unspecified atom stereocenters. The second-order valence-corrected chi connectivity index (χ2v) is 38.1. The zero-order valence-electron chi connectivity index (χ0n) is 80.9. The Morgan fingerprint density at radius 3 is 1.77 bits per heavy atom. The molecule has 3 aromatic carbocycles. The lowest BCUT2D eigenvalue weighted by Gasteiger charge is -2.42. The van der Waals surface area contributed by atoms with Crippen LogP contribution in [0.15, 0.2) is 164 Å². The number of aliphatic hydroxyl groups is 1. The third-order valence-electron chi connectivity index (χ3n) is 23.8. The molecule has 7 heterocycles. The van der Waals surface area contributed by atoms with Crippen LogP contribution in [0.25, 0.3) is 0 Å². The van der Waals surface area contributed by atoms with Crippen molar-refractivity contribution in [2.24, 2.45) is 5.92 Å². The monoisotopic (exact) mass is 1960 g/mol. The highest BCUT2D eigenvalue weighted by atomic mass is 35.5. The van der Waals surface area contributed by atoms with Crippen molar-refractivity contribution in [3.63, 3.8) is 0 Å². The minimum atomic E-state index is -1.89. The summed E-state index contributed by atoms with van der Waals surface area (Å²) in [6.07, 6.45) is 12.1. The molecule has 33 nitrogen and oxygen atoms in total. The average Bonchev–Trinajstić information content (AvgIpc) is 1.57. The summed E-state index contributed by atoms with van der Waals surface area (Å²) >= 11 is 6.87. The Morgan fingerprint density at radius 2 is 1.20 bits per heavy atom. The molecule has 7 N–H and O–H groups in total. The van der Waals surface area contributed by atoms with E-state index in [1.165, 1.54) is 59.6 Å². The number of unbranched alkanes of at least 4 members (excludes halogenated alkanes) is 5. The number of rotatable bonds is 54. The van der Waals surface area contributed by atoms with E-state index in [1.54, 1.807) is 57.6 Å². The van der Waals surface area contributed by atoms with Gasteiger partial charge in [-0.3, -0.25) is 58.6 Å². The van der Waals surface area contributed by atoms with Crippen molar-refractivity contribution >= 4 is 104 Å². The number of anilines is 3. The summed E-state index contributed by atoms with van der Waals surface area (Å²) in [5.74, 6) is -0.154. The number of esters is 1. The second kappa shape index (κ2) is 56.9. The SMILES string of the molecule is CCCCCC(=O)Nc1cccc(CN(Cc2cc(CN(Cc3ccccn3)Cc3cccc(NC(=O)CCCCC)n3)cc(OCCCCNC(=O)COCCOCCOCC(=O)NCc3ccc(CNC(=O)CCSSCCC(=O)N(C)[C@H](C)C(=O)O[C@@H]4CC(=O)N(C)c5cc(cc(OC)c5Cl)C/C(C)=C/C=C/[C@H](OC)[C@]5(O)C[C@H](OC(=O)N5)[C@H](C)C5O[C@@]54C)cc3)c2)Cc2ccccn2)n1. The number of carbonyl (C=O) groups excluding carboxylic acids is 9. The van der Waals surface area contributed by atoms with Gasteiger partial charge in [0.05, 0.1) is 81.1 Å². The molecule has 8 atom stereocenters. The third kappa shape index (κ3) is 36.4. The van der Waals surface area contributed by atoms with Crippen molar-refractivity contribution in [1.82, 2.24) is 55.9 Å². The minimum absolute atomic E-state index is 0.0601. The lowest BCUT2D eigenvalue weighted by molar-refractivity contribution is -0.162. The number of likely N-dealkylation sites (N-methyl/N-ethyl adjacent to an activating group) is 1. The molecule has 3 aliphatic rings. The molecule has 10 rings (SSSR count). The highest BCUT2D eigenvalue weighted by Crippen LogP contribution is 2.50. The topological polar surface area (TPSA) is 397 Å². The summed E-state index contributed by atoms with van der Waals surface area (Å²) < 4.78 is 52.9. The maximum absolute atomic E-state index is 14.5. The largest absolute Gasteiger partial charge is 0.495 e. The molecule has 0 aliphatic carbocycles. The fourth-order valence-corrected chi connectivity index (χ4v) is 18.2. The highest BCUT2D eigenvalue weighted by Gasteiger charge is 2.65. The van der Waals surface area contributed by atoms with Crippen molar-refractivity contribution in [2.45, 2.75) is 232 Å². The number of allylic oxidation sites excluding steroid dienone is 3. The highest BCUT2D eigenvalue weighted by molar-refractivity contribution is 8.76. The van der Waals surface area contributed by atoms with Crippen LogP contribution < -0.4 is 46.3 Å². The van der Waals surface area contributed by atoms with Crippen LogP contribution in [0, 0.1) is 5.92 Å². The maximum atomic E-state index is 14.5. The number of ether oxygens (including phenoxy) is 9. The molecular weight excluding hydrogens is 1820 g/mol. The first kappa shape index (κ1) is 109.